The lowest BCUT2D eigenvalue weighted by atomic mass is 9.83. The first kappa shape index (κ1) is 21.3. The van der Waals surface area contributed by atoms with E-state index in [2.05, 4.69) is 5.32 Å². The summed E-state index contributed by atoms with van der Waals surface area (Å²) in [5.41, 5.74) is 0.606. The monoisotopic (exact) mass is 446 g/mol. The molecule has 4 aromatic rings. The number of ketones is 1. The first-order chi connectivity index (χ1) is 16.6. The van der Waals surface area contributed by atoms with Gasteiger partial charge in [-0.2, -0.15) is 0 Å². The van der Waals surface area contributed by atoms with Gasteiger partial charge in [0.1, 0.15) is 0 Å². The van der Waals surface area contributed by atoms with Gasteiger partial charge in [-0.15, -0.1) is 0 Å². The maximum absolute atomic E-state index is 14.1. The minimum absolute atomic E-state index is 0.227. The Bertz CT molecular complexity index is 1350. The van der Waals surface area contributed by atoms with Crippen LogP contribution in [0.2, 0.25) is 0 Å². The predicted molar refractivity (Wildman–Crippen MR) is 130 cm³/mol. The highest BCUT2D eigenvalue weighted by atomic mass is 16.2. The van der Waals surface area contributed by atoms with Crippen LogP contribution >= 0.6 is 0 Å². The van der Waals surface area contributed by atoms with Crippen molar-refractivity contribution in [1.82, 2.24) is 5.32 Å². The second-order valence-corrected chi connectivity index (χ2v) is 8.10. The number of Topliss-reactive ketones (excluding diaryl/α,β-unsaturated/α-hetero) is 1. The molecule has 5 rings (SSSR count). The fourth-order valence-electron chi connectivity index (χ4n) is 4.49. The van der Waals surface area contributed by atoms with Crippen molar-refractivity contribution in [3.8, 4) is 0 Å². The summed E-state index contributed by atoms with van der Waals surface area (Å²) >= 11 is 0. The number of para-hydroxylation sites is 1. The van der Waals surface area contributed by atoms with E-state index < -0.39 is 23.1 Å². The molecule has 5 heteroatoms. The van der Waals surface area contributed by atoms with E-state index in [9.17, 15) is 14.4 Å². The molecule has 0 radical (unpaired) electrons. The standard InChI is InChI=1S/C29H22N2O3/c32-26-24-18-10-11-19-25(24)31(27(33)22-14-6-2-7-15-22)29(26,23-16-8-3-9-17-23)28(34)30-20-21-12-4-1-5-13-21/h1-19H,20H2,(H,30,34). The van der Waals surface area contributed by atoms with E-state index in [1.165, 1.54) is 4.90 Å². The maximum Gasteiger partial charge on any atom is 0.259 e. The molecule has 0 aromatic heterocycles. The molecule has 166 valence electrons. The first-order valence-electron chi connectivity index (χ1n) is 11.0. The lowest BCUT2D eigenvalue weighted by molar-refractivity contribution is -0.125. The maximum atomic E-state index is 14.1. The summed E-state index contributed by atoms with van der Waals surface area (Å²) in [4.78, 5) is 43.4. The molecule has 0 bridgehead atoms. The number of nitrogens with zero attached hydrogens (tertiary/aromatic N) is 1. The van der Waals surface area contributed by atoms with Crippen LogP contribution in [0.1, 0.15) is 31.8 Å². The Labute approximate surface area is 197 Å². The van der Waals surface area contributed by atoms with Crippen LogP contribution in [0.3, 0.4) is 0 Å². The Kier molecular flexibility index (Phi) is 5.52. The topological polar surface area (TPSA) is 66.5 Å². The van der Waals surface area contributed by atoms with Gasteiger partial charge < -0.3 is 5.32 Å². The zero-order valence-electron chi connectivity index (χ0n) is 18.3. The van der Waals surface area contributed by atoms with Crippen molar-refractivity contribution >= 4 is 23.3 Å². The van der Waals surface area contributed by atoms with Crippen molar-refractivity contribution in [3.05, 3.63) is 138 Å². The van der Waals surface area contributed by atoms with Crippen LogP contribution < -0.4 is 10.2 Å². The highest BCUT2D eigenvalue weighted by Crippen LogP contribution is 2.46. The molecule has 5 nitrogen and oxygen atoms in total. The summed E-state index contributed by atoms with van der Waals surface area (Å²) < 4.78 is 0. The Morgan fingerprint density at radius 3 is 1.94 bits per heavy atom. The molecule has 2 amide bonds. The van der Waals surface area contributed by atoms with E-state index in [1.807, 2.05) is 42.5 Å². The molecular formula is C29H22N2O3. The summed E-state index contributed by atoms with van der Waals surface area (Å²) in [5, 5.41) is 2.93. The third-order valence-electron chi connectivity index (χ3n) is 6.09. The van der Waals surface area contributed by atoms with Crippen molar-refractivity contribution < 1.29 is 14.4 Å². The van der Waals surface area contributed by atoms with Crippen LogP contribution in [0.25, 0.3) is 0 Å². The Balaban J connectivity index is 1.69. The third kappa shape index (κ3) is 3.39. The summed E-state index contributed by atoms with van der Waals surface area (Å²) in [6.45, 7) is 0.227. The van der Waals surface area contributed by atoms with E-state index in [0.717, 1.165) is 5.56 Å². The number of amides is 2. The van der Waals surface area contributed by atoms with E-state index in [0.29, 0.717) is 22.4 Å². The van der Waals surface area contributed by atoms with Gasteiger partial charge in [0.2, 0.25) is 11.3 Å². The second-order valence-electron chi connectivity index (χ2n) is 8.10. The van der Waals surface area contributed by atoms with Crippen molar-refractivity contribution in [2.45, 2.75) is 12.1 Å². The van der Waals surface area contributed by atoms with E-state index in [4.69, 9.17) is 0 Å². The van der Waals surface area contributed by atoms with Crippen LogP contribution in [0.15, 0.2) is 115 Å². The highest BCUT2D eigenvalue weighted by molar-refractivity contribution is 6.32. The van der Waals surface area contributed by atoms with E-state index in [1.54, 1.807) is 72.8 Å². The predicted octanol–water partition coefficient (Wildman–Crippen LogP) is 4.74. The van der Waals surface area contributed by atoms with E-state index >= 15 is 0 Å². The lowest BCUT2D eigenvalue weighted by Crippen LogP contribution is -2.60. The minimum atomic E-state index is -1.87. The molecule has 1 N–H and O–H groups in total. The second kappa shape index (κ2) is 8.79. The van der Waals surface area contributed by atoms with Crippen LogP contribution in [-0.4, -0.2) is 17.6 Å². The third-order valence-corrected chi connectivity index (χ3v) is 6.09. The van der Waals surface area contributed by atoms with Gasteiger partial charge in [0, 0.05) is 17.7 Å². The summed E-state index contributed by atoms with van der Waals surface area (Å²) in [5.74, 6) is -1.39. The average molecular weight is 447 g/mol. The number of hydrogen-bond donors (Lipinski definition) is 1. The normalized spacial score (nSPS) is 16.7. The number of anilines is 1. The number of rotatable bonds is 5. The quantitative estimate of drug-likeness (QED) is 0.450. The molecular weight excluding hydrogens is 424 g/mol. The number of nitrogens with one attached hydrogen (secondary N) is 1. The van der Waals surface area contributed by atoms with Gasteiger partial charge in [-0.25, -0.2) is 0 Å². The lowest BCUT2D eigenvalue weighted by Gasteiger charge is -2.36. The Morgan fingerprint density at radius 2 is 1.26 bits per heavy atom. The van der Waals surface area contributed by atoms with Crippen LogP contribution in [0.5, 0.6) is 0 Å². The summed E-state index contributed by atoms with van der Waals surface area (Å²) in [6.07, 6.45) is 0. The number of carbonyl (C=O) groups excluding carboxylic acids is 3. The molecule has 0 spiro atoms. The van der Waals surface area contributed by atoms with E-state index in [-0.39, 0.29) is 6.54 Å². The van der Waals surface area contributed by atoms with Crippen LogP contribution in [0, 0.1) is 0 Å². The smallest absolute Gasteiger partial charge is 0.259 e. The van der Waals surface area contributed by atoms with Gasteiger partial charge in [0.05, 0.1) is 5.69 Å². The first-order valence-corrected chi connectivity index (χ1v) is 11.0. The molecule has 1 atom stereocenters. The van der Waals surface area contributed by atoms with Crippen LogP contribution in [-0.2, 0) is 16.9 Å². The van der Waals surface area contributed by atoms with Gasteiger partial charge in [-0.05, 0) is 35.4 Å². The number of hydrogen-bond acceptors (Lipinski definition) is 3. The van der Waals surface area contributed by atoms with Crippen molar-refractivity contribution in [3.63, 3.8) is 0 Å². The highest BCUT2D eigenvalue weighted by Gasteiger charge is 2.60. The molecule has 1 unspecified atom stereocenters. The SMILES string of the molecule is O=C(c1ccccc1)N1c2ccccc2C(=O)C1(C(=O)NCc1ccccc1)c1ccccc1. The fraction of sp³-hybridized carbons (Fsp3) is 0.0690. The molecule has 1 aliphatic heterocycles. The van der Waals surface area contributed by atoms with Gasteiger partial charge in [-0.1, -0.05) is 91.0 Å². The van der Waals surface area contributed by atoms with Crippen molar-refractivity contribution in [1.29, 1.82) is 0 Å². The molecule has 0 saturated carbocycles. The number of fused-ring (bicyclic) bond motifs is 1. The summed E-state index contributed by atoms with van der Waals surface area (Å²) in [7, 11) is 0. The molecule has 1 heterocycles. The Morgan fingerprint density at radius 1 is 0.706 bits per heavy atom. The van der Waals surface area contributed by atoms with Gasteiger partial charge in [-0.3, -0.25) is 19.3 Å². The zero-order valence-corrected chi connectivity index (χ0v) is 18.3. The molecule has 0 fully saturated rings. The van der Waals surface area contributed by atoms with Crippen LogP contribution in [0.4, 0.5) is 5.69 Å². The van der Waals surface area contributed by atoms with Gasteiger partial charge in [0.25, 0.3) is 11.8 Å². The Hall–Kier alpha value is -4.51. The average Bonchev–Trinajstić information content (AvgIpc) is 3.18. The van der Waals surface area contributed by atoms with Gasteiger partial charge in [0.15, 0.2) is 0 Å². The van der Waals surface area contributed by atoms with Crippen molar-refractivity contribution in [2.75, 3.05) is 4.90 Å². The minimum Gasteiger partial charge on any atom is -0.349 e. The molecule has 1 aliphatic rings. The molecule has 0 aliphatic carbocycles. The number of benzene rings is 4. The van der Waals surface area contributed by atoms with Crippen molar-refractivity contribution in [2.24, 2.45) is 0 Å². The number of carbonyl (C=O) groups is 3. The molecule has 34 heavy (non-hydrogen) atoms. The fourth-order valence-corrected chi connectivity index (χ4v) is 4.49. The summed E-state index contributed by atoms with van der Waals surface area (Å²) in [6, 6.07) is 33.8. The van der Waals surface area contributed by atoms with Gasteiger partial charge >= 0.3 is 0 Å². The molecule has 0 saturated heterocycles. The molecule has 4 aromatic carbocycles. The largest absolute Gasteiger partial charge is 0.349 e. The zero-order chi connectivity index (χ0) is 23.5.